The summed E-state index contributed by atoms with van der Waals surface area (Å²) in [5.41, 5.74) is 3.51. The van der Waals surface area contributed by atoms with E-state index in [9.17, 15) is 8.42 Å². The van der Waals surface area contributed by atoms with Crippen molar-refractivity contribution in [2.24, 2.45) is 0 Å². The van der Waals surface area contributed by atoms with Crippen LogP contribution in [0.5, 0.6) is 0 Å². The molecule has 0 amide bonds. The number of fused-ring (bicyclic) bond motifs is 1. The molecule has 142 valence electrons. The summed E-state index contributed by atoms with van der Waals surface area (Å²) < 4.78 is 35.4. The number of aryl methyl sites for hydroxylation is 1. The van der Waals surface area contributed by atoms with Crippen molar-refractivity contribution >= 4 is 15.7 Å². The first-order valence-electron chi connectivity index (χ1n) is 9.04. The summed E-state index contributed by atoms with van der Waals surface area (Å²) in [6, 6.07) is 11.0. The summed E-state index contributed by atoms with van der Waals surface area (Å²) in [6.45, 7) is 6.55. The zero-order chi connectivity index (χ0) is 19.2. The minimum absolute atomic E-state index is 0.117. The Balaban J connectivity index is 1.71. The third kappa shape index (κ3) is 3.50. The maximum atomic E-state index is 13.1. The van der Waals surface area contributed by atoms with Crippen molar-refractivity contribution in [3.05, 3.63) is 54.4 Å². The minimum atomic E-state index is -3.58. The van der Waals surface area contributed by atoms with Gasteiger partial charge < -0.3 is 9.14 Å². The van der Waals surface area contributed by atoms with Gasteiger partial charge in [0.25, 0.3) is 0 Å². The van der Waals surface area contributed by atoms with Gasteiger partial charge in [0.05, 0.1) is 22.8 Å². The van der Waals surface area contributed by atoms with Gasteiger partial charge >= 0.3 is 0 Å². The molecule has 0 radical (unpaired) electrons. The molecular weight excluding hydrogens is 362 g/mol. The van der Waals surface area contributed by atoms with Gasteiger partial charge in [-0.3, -0.25) is 0 Å². The molecule has 3 heterocycles. The van der Waals surface area contributed by atoms with E-state index in [-0.39, 0.29) is 17.1 Å². The van der Waals surface area contributed by atoms with Crippen LogP contribution >= 0.6 is 0 Å². The van der Waals surface area contributed by atoms with Gasteiger partial charge in [-0.25, -0.2) is 13.4 Å². The quantitative estimate of drug-likeness (QED) is 0.695. The smallest absolute Gasteiger partial charge is 0.243 e. The van der Waals surface area contributed by atoms with Gasteiger partial charge in [-0.05, 0) is 44.5 Å². The van der Waals surface area contributed by atoms with Crippen LogP contribution in [0.4, 0.5) is 0 Å². The summed E-state index contributed by atoms with van der Waals surface area (Å²) in [5.74, 6) is 0. The molecule has 0 saturated carbocycles. The Kier molecular flexibility index (Phi) is 4.53. The fraction of sp³-hybridized carbons (Fsp3) is 0.350. The van der Waals surface area contributed by atoms with E-state index in [4.69, 9.17) is 4.74 Å². The van der Waals surface area contributed by atoms with Crippen LogP contribution in [0.15, 0.2) is 53.7 Å². The van der Waals surface area contributed by atoms with Gasteiger partial charge in [0.1, 0.15) is 5.65 Å². The average molecular weight is 385 g/mol. The average Bonchev–Trinajstić information content (AvgIpc) is 3.04. The van der Waals surface area contributed by atoms with Crippen molar-refractivity contribution in [1.29, 1.82) is 0 Å². The summed E-state index contributed by atoms with van der Waals surface area (Å²) >= 11 is 0. The Morgan fingerprint density at radius 2 is 1.81 bits per heavy atom. The van der Waals surface area contributed by atoms with E-state index in [0.29, 0.717) is 13.1 Å². The number of rotatable bonds is 3. The molecule has 7 heteroatoms. The monoisotopic (exact) mass is 385 g/mol. The highest BCUT2D eigenvalue weighted by atomic mass is 32.2. The number of nitrogens with zero attached hydrogens (tertiary/aromatic N) is 3. The number of ether oxygens (including phenoxy) is 1. The number of hydrogen-bond acceptors (Lipinski definition) is 4. The first-order chi connectivity index (χ1) is 12.8. The zero-order valence-electron chi connectivity index (χ0n) is 15.7. The summed E-state index contributed by atoms with van der Waals surface area (Å²) in [7, 11) is -3.58. The highest BCUT2D eigenvalue weighted by molar-refractivity contribution is 7.89. The second-order valence-electron chi connectivity index (χ2n) is 7.21. The summed E-state index contributed by atoms with van der Waals surface area (Å²) in [6.07, 6.45) is 3.69. The Morgan fingerprint density at radius 1 is 1.07 bits per heavy atom. The third-order valence-corrected chi connectivity index (χ3v) is 6.58. The lowest BCUT2D eigenvalue weighted by Crippen LogP contribution is -2.48. The number of aromatic nitrogens is 2. The van der Waals surface area contributed by atoms with E-state index >= 15 is 0 Å². The maximum absolute atomic E-state index is 13.1. The molecule has 1 aromatic carbocycles. The molecule has 0 aliphatic carbocycles. The van der Waals surface area contributed by atoms with Crippen molar-refractivity contribution in [2.75, 3.05) is 13.1 Å². The molecule has 0 bridgehead atoms. The van der Waals surface area contributed by atoms with Crippen LogP contribution in [0.25, 0.3) is 16.9 Å². The molecule has 0 spiro atoms. The van der Waals surface area contributed by atoms with Crippen LogP contribution in [0.2, 0.25) is 0 Å². The van der Waals surface area contributed by atoms with Crippen LogP contribution in [0.1, 0.15) is 19.4 Å². The predicted molar refractivity (Wildman–Crippen MR) is 104 cm³/mol. The Morgan fingerprint density at radius 3 is 2.56 bits per heavy atom. The van der Waals surface area contributed by atoms with E-state index in [1.54, 1.807) is 18.2 Å². The lowest BCUT2D eigenvalue weighted by Gasteiger charge is -2.34. The summed E-state index contributed by atoms with van der Waals surface area (Å²) in [5, 5.41) is 0. The molecule has 3 aromatic rings. The largest absolute Gasteiger partial charge is 0.373 e. The van der Waals surface area contributed by atoms with Gasteiger partial charge in [-0.1, -0.05) is 18.2 Å². The van der Waals surface area contributed by atoms with Crippen LogP contribution < -0.4 is 0 Å². The molecule has 1 saturated heterocycles. The Hall–Kier alpha value is -2.22. The second kappa shape index (κ2) is 6.74. The topological polar surface area (TPSA) is 63.9 Å². The Bertz CT molecular complexity index is 1080. The molecule has 2 atom stereocenters. The number of sulfonamides is 1. The molecule has 6 nitrogen and oxygen atoms in total. The highest BCUT2D eigenvalue weighted by Crippen LogP contribution is 2.26. The summed E-state index contributed by atoms with van der Waals surface area (Å²) in [4.78, 5) is 4.91. The van der Waals surface area contributed by atoms with E-state index in [0.717, 1.165) is 22.5 Å². The van der Waals surface area contributed by atoms with Crippen molar-refractivity contribution in [2.45, 2.75) is 37.9 Å². The number of morpholine rings is 1. The van der Waals surface area contributed by atoms with Crippen LogP contribution in [0.3, 0.4) is 0 Å². The SMILES string of the molecule is Cc1ccc2nc(-c3cccc(S(=O)(=O)N4C[C@@H](C)O[C@H](C)C4)c3)cn2c1. The van der Waals surface area contributed by atoms with Crippen molar-refractivity contribution < 1.29 is 13.2 Å². The minimum Gasteiger partial charge on any atom is -0.373 e. The van der Waals surface area contributed by atoms with Crippen molar-refractivity contribution in [3.63, 3.8) is 0 Å². The molecule has 1 aliphatic rings. The van der Waals surface area contributed by atoms with Crippen LogP contribution in [0, 0.1) is 6.92 Å². The normalized spacial score (nSPS) is 21.6. The fourth-order valence-corrected chi connectivity index (χ4v) is 5.17. The number of imidazole rings is 1. The standard InChI is InChI=1S/C20H23N3O3S/c1-14-7-8-20-21-19(13-22(20)10-14)17-5-4-6-18(9-17)27(24,25)23-11-15(2)26-16(3)12-23/h4-10,13,15-16H,11-12H2,1-3H3/t15-,16-/m1/s1. The second-order valence-corrected chi connectivity index (χ2v) is 9.14. The van der Waals surface area contributed by atoms with E-state index in [1.165, 1.54) is 4.31 Å². The first-order valence-corrected chi connectivity index (χ1v) is 10.5. The van der Waals surface area contributed by atoms with Gasteiger partial charge in [-0.2, -0.15) is 4.31 Å². The maximum Gasteiger partial charge on any atom is 0.243 e. The molecule has 1 fully saturated rings. The zero-order valence-corrected chi connectivity index (χ0v) is 16.5. The first kappa shape index (κ1) is 18.2. The van der Waals surface area contributed by atoms with Crippen LogP contribution in [-0.2, 0) is 14.8 Å². The van der Waals surface area contributed by atoms with E-state index in [1.807, 2.05) is 55.8 Å². The molecule has 2 aromatic heterocycles. The fourth-order valence-electron chi connectivity index (χ4n) is 3.53. The molecule has 4 rings (SSSR count). The van der Waals surface area contributed by atoms with E-state index in [2.05, 4.69) is 4.98 Å². The molecule has 0 unspecified atom stereocenters. The third-order valence-electron chi connectivity index (χ3n) is 4.75. The molecule has 0 N–H and O–H groups in total. The lowest BCUT2D eigenvalue weighted by atomic mass is 10.2. The molecule has 1 aliphatic heterocycles. The van der Waals surface area contributed by atoms with Crippen LogP contribution in [-0.4, -0.2) is 47.4 Å². The lowest BCUT2D eigenvalue weighted by molar-refractivity contribution is -0.0440. The Labute approximate surface area is 159 Å². The molecular formula is C20H23N3O3S. The predicted octanol–water partition coefficient (Wildman–Crippen LogP) is 3.11. The highest BCUT2D eigenvalue weighted by Gasteiger charge is 2.32. The van der Waals surface area contributed by atoms with Gasteiger partial charge in [0.15, 0.2) is 0 Å². The van der Waals surface area contributed by atoms with Crippen molar-refractivity contribution in [1.82, 2.24) is 13.7 Å². The van der Waals surface area contributed by atoms with Gasteiger partial charge in [0.2, 0.25) is 10.0 Å². The van der Waals surface area contributed by atoms with Gasteiger partial charge in [-0.15, -0.1) is 0 Å². The number of pyridine rings is 1. The van der Waals surface area contributed by atoms with Gasteiger partial charge in [0, 0.05) is 31.0 Å². The molecule has 27 heavy (non-hydrogen) atoms. The number of hydrogen-bond donors (Lipinski definition) is 0. The van der Waals surface area contributed by atoms with E-state index < -0.39 is 10.0 Å². The van der Waals surface area contributed by atoms with Crippen molar-refractivity contribution in [3.8, 4) is 11.3 Å². The number of benzene rings is 1.